The van der Waals surface area contributed by atoms with Crippen LogP contribution in [0.3, 0.4) is 0 Å². The summed E-state index contributed by atoms with van der Waals surface area (Å²) in [6.45, 7) is 1.88. The van der Waals surface area contributed by atoms with Crippen LogP contribution in [0.2, 0.25) is 0 Å². The number of rotatable bonds is 5. The van der Waals surface area contributed by atoms with E-state index in [0.717, 1.165) is 22.6 Å². The van der Waals surface area contributed by atoms with Crippen molar-refractivity contribution in [2.75, 3.05) is 4.90 Å². The van der Waals surface area contributed by atoms with Gasteiger partial charge in [-0.15, -0.1) is 0 Å². The lowest BCUT2D eigenvalue weighted by Gasteiger charge is -2.28. The van der Waals surface area contributed by atoms with Crippen molar-refractivity contribution in [2.45, 2.75) is 25.9 Å². The molecule has 1 atom stereocenters. The normalized spacial score (nSPS) is 15.8. The second kappa shape index (κ2) is 8.70. The summed E-state index contributed by atoms with van der Waals surface area (Å²) < 4.78 is 26.7. The first kappa shape index (κ1) is 21.4. The standard InChI is InChI=1S/C25H20F2N2O3/c1-16-2-12-21(13-3-16)29-23(30)14-22(25(29)32)28(15-17-4-8-19(26)9-5-17)24(31)18-6-10-20(27)11-7-18/h2-13,22H,14-15H2,1H3. The summed E-state index contributed by atoms with van der Waals surface area (Å²) in [5, 5.41) is 0. The molecule has 3 aromatic rings. The van der Waals surface area contributed by atoms with Crippen LogP contribution in [0.1, 0.15) is 27.9 Å². The molecule has 162 valence electrons. The van der Waals surface area contributed by atoms with E-state index in [0.29, 0.717) is 11.3 Å². The van der Waals surface area contributed by atoms with Crippen molar-refractivity contribution in [3.63, 3.8) is 0 Å². The smallest absolute Gasteiger partial charge is 0.257 e. The Hall–Kier alpha value is -3.87. The zero-order valence-corrected chi connectivity index (χ0v) is 17.3. The summed E-state index contributed by atoms with van der Waals surface area (Å²) in [5.41, 5.74) is 2.19. The Bertz CT molecular complexity index is 1160. The molecule has 0 spiro atoms. The van der Waals surface area contributed by atoms with E-state index in [2.05, 4.69) is 0 Å². The summed E-state index contributed by atoms with van der Waals surface area (Å²) in [6.07, 6.45) is -0.180. The highest BCUT2D eigenvalue weighted by Gasteiger charge is 2.44. The third kappa shape index (κ3) is 4.27. The van der Waals surface area contributed by atoms with Gasteiger partial charge in [0.2, 0.25) is 5.91 Å². The van der Waals surface area contributed by atoms with Crippen LogP contribution >= 0.6 is 0 Å². The fourth-order valence-electron chi connectivity index (χ4n) is 3.69. The molecule has 3 amide bonds. The average molecular weight is 434 g/mol. The largest absolute Gasteiger partial charge is 0.322 e. The van der Waals surface area contributed by atoms with E-state index in [1.165, 1.54) is 41.3 Å². The lowest BCUT2D eigenvalue weighted by Crippen LogP contribution is -2.45. The first-order valence-corrected chi connectivity index (χ1v) is 10.1. The monoisotopic (exact) mass is 434 g/mol. The van der Waals surface area contributed by atoms with E-state index >= 15 is 0 Å². The molecule has 32 heavy (non-hydrogen) atoms. The zero-order valence-electron chi connectivity index (χ0n) is 17.3. The maximum atomic E-state index is 13.4. The minimum atomic E-state index is -1.04. The molecule has 0 N–H and O–H groups in total. The zero-order chi connectivity index (χ0) is 22.8. The molecule has 1 fully saturated rings. The van der Waals surface area contributed by atoms with Crippen LogP contribution in [0, 0.1) is 18.6 Å². The molecule has 1 unspecified atom stereocenters. The first-order valence-electron chi connectivity index (χ1n) is 10.1. The Kier molecular flexibility index (Phi) is 5.81. The number of halogens is 2. The molecular formula is C25H20F2N2O3. The van der Waals surface area contributed by atoms with Gasteiger partial charge in [0.25, 0.3) is 11.8 Å². The lowest BCUT2D eigenvalue weighted by molar-refractivity contribution is -0.122. The van der Waals surface area contributed by atoms with Crippen molar-refractivity contribution in [1.82, 2.24) is 4.90 Å². The van der Waals surface area contributed by atoms with Gasteiger partial charge in [0.05, 0.1) is 12.1 Å². The minimum Gasteiger partial charge on any atom is -0.322 e. The number of benzene rings is 3. The van der Waals surface area contributed by atoms with Crippen molar-refractivity contribution in [2.24, 2.45) is 0 Å². The second-order valence-corrected chi connectivity index (χ2v) is 7.69. The molecule has 0 aliphatic carbocycles. The highest BCUT2D eigenvalue weighted by atomic mass is 19.1. The number of hydrogen-bond donors (Lipinski definition) is 0. The van der Waals surface area contributed by atoms with Gasteiger partial charge in [-0.25, -0.2) is 13.7 Å². The molecule has 0 radical (unpaired) electrons. The van der Waals surface area contributed by atoms with Crippen molar-refractivity contribution < 1.29 is 23.2 Å². The number of nitrogens with zero attached hydrogens (tertiary/aromatic N) is 2. The van der Waals surface area contributed by atoms with Crippen LogP contribution in [0.5, 0.6) is 0 Å². The van der Waals surface area contributed by atoms with Crippen LogP contribution in [0.25, 0.3) is 0 Å². The Balaban J connectivity index is 1.68. The summed E-state index contributed by atoms with van der Waals surface area (Å²) in [5.74, 6) is -2.38. The third-order valence-electron chi connectivity index (χ3n) is 5.41. The average Bonchev–Trinajstić information content (AvgIpc) is 3.08. The number of carbonyl (C=O) groups is 3. The van der Waals surface area contributed by atoms with Crippen molar-refractivity contribution in [1.29, 1.82) is 0 Å². The SMILES string of the molecule is Cc1ccc(N2C(=O)CC(N(Cc3ccc(F)cc3)C(=O)c3ccc(F)cc3)C2=O)cc1. The maximum absolute atomic E-state index is 13.4. The van der Waals surface area contributed by atoms with E-state index in [1.54, 1.807) is 24.3 Å². The van der Waals surface area contributed by atoms with Crippen molar-refractivity contribution in [3.05, 3.63) is 101 Å². The molecule has 3 aromatic carbocycles. The van der Waals surface area contributed by atoms with Crippen LogP contribution in [0.4, 0.5) is 14.5 Å². The number of hydrogen-bond acceptors (Lipinski definition) is 3. The number of amides is 3. The molecule has 0 bridgehead atoms. The maximum Gasteiger partial charge on any atom is 0.257 e. The van der Waals surface area contributed by atoms with E-state index < -0.39 is 35.4 Å². The van der Waals surface area contributed by atoms with Gasteiger partial charge < -0.3 is 4.90 Å². The molecule has 1 aliphatic heterocycles. The molecule has 4 rings (SSSR count). The molecule has 0 aromatic heterocycles. The summed E-state index contributed by atoms with van der Waals surface area (Å²) in [4.78, 5) is 41.7. The van der Waals surface area contributed by atoms with E-state index in [9.17, 15) is 23.2 Å². The fourth-order valence-corrected chi connectivity index (χ4v) is 3.69. The molecule has 1 heterocycles. The van der Waals surface area contributed by atoms with Gasteiger partial charge in [-0.2, -0.15) is 0 Å². The predicted molar refractivity (Wildman–Crippen MR) is 115 cm³/mol. The van der Waals surface area contributed by atoms with Crippen LogP contribution in [-0.2, 0) is 16.1 Å². The third-order valence-corrected chi connectivity index (χ3v) is 5.41. The van der Waals surface area contributed by atoms with Crippen molar-refractivity contribution in [3.8, 4) is 0 Å². The molecule has 0 saturated carbocycles. The van der Waals surface area contributed by atoms with Gasteiger partial charge in [-0.3, -0.25) is 14.4 Å². The predicted octanol–water partition coefficient (Wildman–Crippen LogP) is 4.25. The van der Waals surface area contributed by atoms with Crippen LogP contribution < -0.4 is 4.90 Å². The fraction of sp³-hybridized carbons (Fsp3) is 0.160. The number of aryl methyl sites for hydroxylation is 1. The van der Waals surface area contributed by atoms with Gasteiger partial charge >= 0.3 is 0 Å². The molecule has 1 aliphatic rings. The van der Waals surface area contributed by atoms with Gasteiger partial charge in [-0.1, -0.05) is 29.8 Å². The number of carbonyl (C=O) groups excluding carboxylic acids is 3. The minimum absolute atomic E-state index is 0.0120. The topological polar surface area (TPSA) is 57.7 Å². The number of anilines is 1. The molecule has 7 heteroatoms. The summed E-state index contributed by atoms with van der Waals surface area (Å²) in [6, 6.07) is 16.4. The Labute approximate surface area is 183 Å². The number of imide groups is 1. The van der Waals surface area contributed by atoms with E-state index in [1.807, 2.05) is 6.92 Å². The molecular weight excluding hydrogens is 414 g/mol. The van der Waals surface area contributed by atoms with Gasteiger partial charge in [0.15, 0.2) is 0 Å². The van der Waals surface area contributed by atoms with Gasteiger partial charge in [-0.05, 0) is 61.0 Å². The Morgan fingerprint density at radius 1 is 0.906 bits per heavy atom. The van der Waals surface area contributed by atoms with Crippen LogP contribution in [-0.4, -0.2) is 28.7 Å². The first-order chi connectivity index (χ1) is 15.3. The highest BCUT2D eigenvalue weighted by Crippen LogP contribution is 2.28. The quantitative estimate of drug-likeness (QED) is 0.565. The summed E-state index contributed by atoms with van der Waals surface area (Å²) >= 11 is 0. The lowest BCUT2D eigenvalue weighted by atomic mass is 10.1. The second-order valence-electron chi connectivity index (χ2n) is 7.69. The Morgan fingerprint density at radius 2 is 1.47 bits per heavy atom. The van der Waals surface area contributed by atoms with Crippen molar-refractivity contribution >= 4 is 23.4 Å². The molecule has 1 saturated heterocycles. The highest BCUT2D eigenvalue weighted by molar-refractivity contribution is 6.23. The molecule has 5 nitrogen and oxygen atoms in total. The van der Waals surface area contributed by atoms with E-state index in [4.69, 9.17) is 0 Å². The van der Waals surface area contributed by atoms with Gasteiger partial charge in [0.1, 0.15) is 17.7 Å². The Morgan fingerprint density at radius 3 is 2.06 bits per heavy atom. The van der Waals surface area contributed by atoms with Gasteiger partial charge in [0, 0.05) is 12.1 Å². The van der Waals surface area contributed by atoms with Crippen LogP contribution in [0.15, 0.2) is 72.8 Å². The summed E-state index contributed by atoms with van der Waals surface area (Å²) in [7, 11) is 0. The van der Waals surface area contributed by atoms with E-state index in [-0.39, 0.29) is 18.5 Å².